The second kappa shape index (κ2) is 13.8. The van der Waals surface area contributed by atoms with Gasteiger partial charge >= 0.3 is 0 Å². The van der Waals surface area contributed by atoms with Crippen molar-refractivity contribution in [2.24, 2.45) is 0 Å². The molecule has 0 aromatic heterocycles. The Morgan fingerprint density at radius 2 is 1.54 bits per heavy atom. The highest BCUT2D eigenvalue weighted by Gasteiger charge is 2.30. The number of aryl methyl sites for hydroxylation is 2. The van der Waals surface area contributed by atoms with E-state index in [1.54, 1.807) is 4.90 Å². The van der Waals surface area contributed by atoms with Crippen molar-refractivity contribution in [2.45, 2.75) is 58.5 Å². The van der Waals surface area contributed by atoms with Gasteiger partial charge < -0.3 is 10.2 Å². The van der Waals surface area contributed by atoms with Crippen molar-refractivity contribution in [1.82, 2.24) is 10.2 Å². The molecule has 0 saturated carbocycles. The molecule has 184 valence electrons. The van der Waals surface area contributed by atoms with Crippen LogP contribution in [0.3, 0.4) is 0 Å². The molecule has 0 aliphatic rings. The second-order valence-corrected chi connectivity index (χ2v) is 9.90. The van der Waals surface area contributed by atoms with Crippen LogP contribution >= 0.6 is 15.9 Å². The summed E-state index contributed by atoms with van der Waals surface area (Å²) in [6.45, 7) is 5.16. The van der Waals surface area contributed by atoms with Crippen molar-refractivity contribution in [2.75, 3.05) is 6.54 Å². The topological polar surface area (TPSA) is 49.4 Å². The molecule has 2 amide bonds. The van der Waals surface area contributed by atoms with E-state index in [0.717, 1.165) is 34.0 Å². The van der Waals surface area contributed by atoms with Gasteiger partial charge in [-0.2, -0.15) is 0 Å². The predicted octanol–water partition coefficient (Wildman–Crippen LogP) is 6.25. The number of hydrogen-bond acceptors (Lipinski definition) is 2. The van der Waals surface area contributed by atoms with Crippen LogP contribution < -0.4 is 5.32 Å². The Balaban J connectivity index is 1.86. The maximum atomic E-state index is 13.7. The molecule has 1 N–H and O–H groups in total. The Labute approximate surface area is 217 Å². The number of carbonyl (C=O) groups is 2. The third-order valence-electron chi connectivity index (χ3n) is 6.11. The van der Waals surface area contributed by atoms with Crippen LogP contribution in [0.5, 0.6) is 0 Å². The first-order chi connectivity index (χ1) is 17.0. The fourth-order valence-electron chi connectivity index (χ4n) is 4.00. The second-order valence-electron chi connectivity index (χ2n) is 8.98. The number of carbonyl (C=O) groups excluding carboxylic acids is 2. The van der Waals surface area contributed by atoms with Crippen LogP contribution in [0, 0.1) is 6.92 Å². The lowest BCUT2D eigenvalue weighted by Gasteiger charge is -2.31. The van der Waals surface area contributed by atoms with E-state index in [1.807, 2.05) is 54.6 Å². The van der Waals surface area contributed by atoms with Gasteiger partial charge in [0.2, 0.25) is 11.8 Å². The van der Waals surface area contributed by atoms with E-state index in [9.17, 15) is 9.59 Å². The zero-order chi connectivity index (χ0) is 25.0. The van der Waals surface area contributed by atoms with Crippen molar-refractivity contribution < 1.29 is 9.59 Å². The van der Waals surface area contributed by atoms with Gasteiger partial charge in [-0.05, 0) is 48.6 Å². The van der Waals surface area contributed by atoms with Crippen LogP contribution in [-0.4, -0.2) is 29.3 Å². The summed E-state index contributed by atoms with van der Waals surface area (Å²) in [5, 5.41) is 3.07. The van der Waals surface area contributed by atoms with Crippen LogP contribution in [0.25, 0.3) is 0 Å². The molecule has 5 heteroatoms. The third-order valence-corrected chi connectivity index (χ3v) is 6.64. The van der Waals surface area contributed by atoms with E-state index in [4.69, 9.17) is 0 Å². The number of nitrogens with zero attached hydrogens (tertiary/aromatic N) is 1. The Morgan fingerprint density at radius 3 is 2.20 bits per heavy atom. The number of rotatable bonds is 12. The van der Waals surface area contributed by atoms with Crippen LogP contribution in [0.15, 0.2) is 83.3 Å². The summed E-state index contributed by atoms with van der Waals surface area (Å²) >= 11 is 3.48. The van der Waals surface area contributed by atoms with Crippen LogP contribution in [0.1, 0.15) is 48.4 Å². The molecule has 0 radical (unpaired) electrons. The monoisotopic (exact) mass is 534 g/mol. The highest BCUT2D eigenvalue weighted by molar-refractivity contribution is 9.10. The number of halogens is 1. The first-order valence-corrected chi connectivity index (χ1v) is 13.2. The fourth-order valence-corrected chi connectivity index (χ4v) is 4.26. The summed E-state index contributed by atoms with van der Waals surface area (Å²) in [7, 11) is 0. The van der Waals surface area contributed by atoms with E-state index in [0.29, 0.717) is 32.4 Å². The highest BCUT2D eigenvalue weighted by Crippen LogP contribution is 2.19. The molecule has 35 heavy (non-hydrogen) atoms. The van der Waals surface area contributed by atoms with E-state index >= 15 is 0 Å². The van der Waals surface area contributed by atoms with Crippen molar-refractivity contribution in [3.05, 3.63) is 106 Å². The molecule has 3 aromatic rings. The Hall–Kier alpha value is -2.92. The van der Waals surface area contributed by atoms with Crippen molar-refractivity contribution in [3.8, 4) is 0 Å². The molecule has 4 nitrogen and oxygen atoms in total. The minimum Gasteiger partial charge on any atom is -0.354 e. The third kappa shape index (κ3) is 8.66. The summed E-state index contributed by atoms with van der Waals surface area (Å²) in [4.78, 5) is 28.8. The minimum absolute atomic E-state index is 0.0138. The predicted molar refractivity (Wildman–Crippen MR) is 146 cm³/mol. The average Bonchev–Trinajstić information content (AvgIpc) is 2.87. The summed E-state index contributed by atoms with van der Waals surface area (Å²) < 4.78 is 0.983. The Bertz CT molecular complexity index is 1070. The summed E-state index contributed by atoms with van der Waals surface area (Å²) in [5.74, 6) is -0.108. The molecule has 0 fully saturated rings. The first kappa shape index (κ1) is 26.7. The largest absolute Gasteiger partial charge is 0.354 e. The van der Waals surface area contributed by atoms with Crippen LogP contribution in [0.2, 0.25) is 0 Å². The Kier molecular flexibility index (Phi) is 10.5. The molecule has 0 aliphatic heterocycles. The SMILES string of the molecule is CCCCNC(=O)[C@H](Cc1ccccc1)N(Cc1ccc(Br)cc1)C(=O)CCc1ccc(C)cc1. The molecule has 0 aliphatic carbocycles. The number of hydrogen-bond donors (Lipinski definition) is 1. The zero-order valence-corrected chi connectivity index (χ0v) is 22.3. The summed E-state index contributed by atoms with van der Waals surface area (Å²) in [6.07, 6.45) is 3.39. The van der Waals surface area contributed by atoms with Gasteiger partial charge in [-0.15, -0.1) is 0 Å². The van der Waals surface area contributed by atoms with Gasteiger partial charge in [0.15, 0.2) is 0 Å². The summed E-state index contributed by atoms with van der Waals surface area (Å²) in [5.41, 5.74) is 4.36. The normalized spacial score (nSPS) is 11.6. The van der Waals surface area contributed by atoms with Crippen LogP contribution in [0.4, 0.5) is 0 Å². The number of nitrogens with one attached hydrogen (secondary N) is 1. The van der Waals surface area contributed by atoms with Gasteiger partial charge in [0.25, 0.3) is 0 Å². The van der Waals surface area contributed by atoms with E-state index in [1.165, 1.54) is 5.56 Å². The van der Waals surface area contributed by atoms with Gasteiger partial charge in [-0.25, -0.2) is 0 Å². The molecule has 3 aromatic carbocycles. The first-order valence-electron chi connectivity index (χ1n) is 12.4. The number of amides is 2. The van der Waals surface area contributed by atoms with E-state index in [-0.39, 0.29) is 11.8 Å². The number of unbranched alkanes of at least 4 members (excludes halogenated alkanes) is 1. The van der Waals surface area contributed by atoms with E-state index < -0.39 is 6.04 Å². The van der Waals surface area contributed by atoms with Crippen molar-refractivity contribution in [3.63, 3.8) is 0 Å². The van der Waals surface area contributed by atoms with Crippen molar-refractivity contribution >= 4 is 27.7 Å². The number of benzene rings is 3. The molecular formula is C30H35BrN2O2. The molecule has 0 unspecified atom stereocenters. The zero-order valence-electron chi connectivity index (χ0n) is 20.7. The van der Waals surface area contributed by atoms with Gasteiger partial charge in [0.1, 0.15) is 6.04 Å². The van der Waals surface area contributed by atoms with E-state index in [2.05, 4.69) is 59.4 Å². The Morgan fingerprint density at radius 1 is 0.886 bits per heavy atom. The fraction of sp³-hybridized carbons (Fsp3) is 0.333. The molecule has 0 saturated heterocycles. The summed E-state index contributed by atoms with van der Waals surface area (Å²) in [6, 6.07) is 25.6. The lowest BCUT2D eigenvalue weighted by molar-refractivity contribution is -0.141. The molecule has 3 rings (SSSR count). The lowest BCUT2D eigenvalue weighted by Crippen LogP contribution is -2.50. The maximum absolute atomic E-state index is 13.7. The molecule has 1 atom stereocenters. The molecule has 0 heterocycles. The van der Waals surface area contributed by atoms with Gasteiger partial charge in [0, 0.05) is 30.4 Å². The highest BCUT2D eigenvalue weighted by atomic mass is 79.9. The molecular weight excluding hydrogens is 500 g/mol. The average molecular weight is 536 g/mol. The standard InChI is InChI=1S/C30H35BrN2O2/c1-3-4-20-32-30(35)28(21-25-8-6-5-7-9-25)33(22-26-14-17-27(31)18-15-26)29(34)19-16-24-12-10-23(2)11-13-24/h5-15,17-18,28H,3-4,16,19-22H2,1-2H3,(H,32,35)/t28-/m0/s1. The molecule has 0 bridgehead atoms. The maximum Gasteiger partial charge on any atom is 0.243 e. The van der Waals surface area contributed by atoms with Crippen LogP contribution in [-0.2, 0) is 29.0 Å². The van der Waals surface area contributed by atoms with Gasteiger partial charge in [-0.1, -0.05) is 102 Å². The van der Waals surface area contributed by atoms with Gasteiger partial charge in [0.05, 0.1) is 0 Å². The van der Waals surface area contributed by atoms with Crippen molar-refractivity contribution in [1.29, 1.82) is 0 Å². The van der Waals surface area contributed by atoms with Gasteiger partial charge in [-0.3, -0.25) is 9.59 Å². The lowest BCUT2D eigenvalue weighted by atomic mass is 10.0. The quantitative estimate of drug-likeness (QED) is 0.279. The smallest absolute Gasteiger partial charge is 0.243 e. The molecule has 0 spiro atoms. The minimum atomic E-state index is -0.580.